The summed E-state index contributed by atoms with van der Waals surface area (Å²) in [4.78, 5) is 0. The van der Waals surface area contributed by atoms with Crippen LogP contribution in [0.25, 0.3) is 0 Å². The zero-order chi connectivity index (χ0) is 14.1. The van der Waals surface area contributed by atoms with Gasteiger partial charge in [-0.2, -0.15) is 0 Å². The summed E-state index contributed by atoms with van der Waals surface area (Å²) in [6.07, 6.45) is 8.34. The van der Waals surface area contributed by atoms with Crippen LogP contribution in [0.1, 0.15) is 57.8 Å². The maximum Gasteiger partial charge on any atom is 0.117 e. The number of nitrogens with two attached hydrogens (primary N) is 2. The lowest BCUT2D eigenvalue weighted by atomic mass is 9.86. The van der Waals surface area contributed by atoms with Gasteiger partial charge in [0.05, 0.1) is 0 Å². The third-order valence-corrected chi connectivity index (χ3v) is 4.11. The molecule has 0 radical (unpaired) electrons. The molecule has 0 aromatic heterocycles. The Hall–Kier alpha value is -0.200. The molecule has 7 N–H and O–H groups in total. The summed E-state index contributed by atoms with van der Waals surface area (Å²) < 4.78 is 0. The Balaban J connectivity index is 2.20. The minimum absolute atomic E-state index is 0.273. The third-order valence-electron chi connectivity index (χ3n) is 4.11. The SMILES string of the molecule is NCCCC(NC(O)CCC1CCCCC1)C(N)O. The van der Waals surface area contributed by atoms with E-state index in [2.05, 4.69) is 5.32 Å². The molecule has 0 heterocycles. The van der Waals surface area contributed by atoms with Crippen molar-refractivity contribution >= 4 is 0 Å². The van der Waals surface area contributed by atoms with Gasteiger partial charge in [-0.25, -0.2) is 0 Å². The molecular formula is C14H31N3O2. The Bertz CT molecular complexity index is 221. The fraction of sp³-hybridized carbons (Fsp3) is 1.00. The van der Waals surface area contributed by atoms with Crippen molar-refractivity contribution in [3.63, 3.8) is 0 Å². The molecule has 0 bridgehead atoms. The third kappa shape index (κ3) is 7.22. The average Bonchev–Trinajstić information content (AvgIpc) is 2.42. The molecular weight excluding hydrogens is 242 g/mol. The van der Waals surface area contributed by atoms with Gasteiger partial charge in [0.1, 0.15) is 12.5 Å². The molecule has 3 unspecified atom stereocenters. The molecule has 1 aliphatic rings. The summed E-state index contributed by atoms with van der Waals surface area (Å²) in [6, 6.07) is -0.273. The van der Waals surface area contributed by atoms with Crippen LogP contribution in [0.2, 0.25) is 0 Å². The van der Waals surface area contributed by atoms with Crippen LogP contribution in [0.15, 0.2) is 0 Å². The van der Waals surface area contributed by atoms with E-state index in [1.165, 1.54) is 32.1 Å². The minimum atomic E-state index is -0.948. The fourth-order valence-electron chi connectivity index (χ4n) is 2.89. The van der Waals surface area contributed by atoms with Crippen molar-refractivity contribution in [2.45, 2.75) is 76.3 Å². The number of nitrogens with one attached hydrogen (secondary N) is 1. The van der Waals surface area contributed by atoms with Crippen molar-refractivity contribution in [3.8, 4) is 0 Å². The lowest BCUT2D eigenvalue weighted by Gasteiger charge is -2.27. The van der Waals surface area contributed by atoms with E-state index in [-0.39, 0.29) is 6.04 Å². The second-order valence-corrected chi connectivity index (χ2v) is 5.79. The van der Waals surface area contributed by atoms with Gasteiger partial charge in [-0.05, 0) is 38.1 Å². The highest BCUT2D eigenvalue weighted by Crippen LogP contribution is 2.27. The molecule has 0 aliphatic heterocycles. The molecule has 0 aromatic rings. The van der Waals surface area contributed by atoms with Gasteiger partial charge >= 0.3 is 0 Å². The van der Waals surface area contributed by atoms with E-state index in [1.807, 2.05) is 0 Å². The summed E-state index contributed by atoms with van der Waals surface area (Å²) in [5.74, 6) is 0.760. The second kappa shape index (κ2) is 9.66. The minimum Gasteiger partial charge on any atom is -0.379 e. The lowest BCUT2D eigenvalue weighted by molar-refractivity contribution is 0.0550. The number of hydrogen-bond donors (Lipinski definition) is 5. The van der Waals surface area contributed by atoms with Crippen LogP contribution < -0.4 is 16.8 Å². The van der Waals surface area contributed by atoms with Gasteiger partial charge in [-0.15, -0.1) is 0 Å². The summed E-state index contributed by atoms with van der Waals surface area (Å²) in [7, 11) is 0. The van der Waals surface area contributed by atoms with Crippen molar-refractivity contribution in [2.24, 2.45) is 17.4 Å². The molecule has 0 saturated heterocycles. The van der Waals surface area contributed by atoms with Crippen molar-refractivity contribution in [2.75, 3.05) is 6.54 Å². The average molecular weight is 273 g/mol. The highest BCUT2D eigenvalue weighted by atomic mass is 16.3. The Morgan fingerprint density at radius 2 is 1.79 bits per heavy atom. The van der Waals surface area contributed by atoms with E-state index in [1.54, 1.807) is 0 Å². The van der Waals surface area contributed by atoms with Gasteiger partial charge < -0.3 is 21.7 Å². The van der Waals surface area contributed by atoms with Gasteiger partial charge in [0, 0.05) is 6.04 Å². The molecule has 1 rings (SSSR count). The maximum absolute atomic E-state index is 9.99. The molecule has 19 heavy (non-hydrogen) atoms. The monoisotopic (exact) mass is 273 g/mol. The summed E-state index contributed by atoms with van der Waals surface area (Å²) in [6.45, 7) is 0.572. The van der Waals surface area contributed by atoms with Crippen molar-refractivity contribution in [1.29, 1.82) is 0 Å². The van der Waals surface area contributed by atoms with Gasteiger partial charge in [0.2, 0.25) is 0 Å². The molecule has 5 heteroatoms. The predicted molar refractivity (Wildman–Crippen MR) is 77.2 cm³/mol. The van der Waals surface area contributed by atoms with Gasteiger partial charge in [0.15, 0.2) is 0 Å². The van der Waals surface area contributed by atoms with Gasteiger partial charge in [-0.3, -0.25) is 5.32 Å². The van der Waals surface area contributed by atoms with E-state index >= 15 is 0 Å². The van der Waals surface area contributed by atoms with Crippen molar-refractivity contribution < 1.29 is 10.2 Å². The second-order valence-electron chi connectivity index (χ2n) is 5.79. The summed E-state index contributed by atoms with van der Waals surface area (Å²) in [5.41, 5.74) is 11.0. The Kier molecular flexibility index (Phi) is 8.57. The van der Waals surface area contributed by atoms with Crippen LogP contribution >= 0.6 is 0 Å². The van der Waals surface area contributed by atoms with E-state index < -0.39 is 12.5 Å². The Morgan fingerprint density at radius 3 is 2.37 bits per heavy atom. The zero-order valence-corrected chi connectivity index (χ0v) is 11.9. The fourth-order valence-corrected chi connectivity index (χ4v) is 2.89. The van der Waals surface area contributed by atoms with Crippen LogP contribution in [0.3, 0.4) is 0 Å². The van der Waals surface area contributed by atoms with E-state index in [0.717, 1.165) is 25.2 Å². The molecule has 1 aliphatic carbocycles. The molecule has 114 valence electrons. The highest BCUT2D eigenvalue weighted by Gasteiger charge is 2.20. The highest BCUT2D eigenvalue weighted by molar-refractivity contribution is 4.74. The largest absolute Gasteiger partial charge is 0.379 e. The quantitative estimate of drug-likeness (QED) is 0.397. The summed E-state index contributed by atoms with van der Waals surface area (Å²) in [5, 5.41) is 22.5. The topological polar surface area (TPSA) is 105 Å². The van der Waals surface area contributed by atoms with Crippen molar-refractivity contribution in [1.82, 2.24) is 5.32 Å². The first kappa shape index (κ1) is 16.9. The Morgan fingerprint density at radius 1 is 1.11 bits per heavy atom. The van der Waals surface area contributed by atoms with Gasteiger partial charge in [-0.1, -0.05) is 32.1 Å². The molecule has 0 aromatic carbocycles. The molecule has 0 spiro atoms. The molecule has 5 nitrogen and oxygen atoms in total. The van der Waals surface area contributed by atoms with Crippen LogP contribution in [-0.2, 0) is 0 Å². The number of rotatable bonds is 9. The first-order valence-corrected chi connectivity index (χ1v) is 7.71. The molecule has 1 fully saturated rings. The van der Waals surface area contributed by atoms with Crippen LogP contribution in [0.5, 0.6) is 0 Å². The van der Waals surface area contributed by atoms with E-state index in [0.29, 0.717) is 13.0 Å². The normalized spacial score (nSPS) is 22.1. The van der Waals surface area contributed by atoms with E-state index in [9.17, 15) is 10.2 Å². The predicted octanol–water partition coefficient (Wildman–Crippen LogP) is 0.639. The lowest BCUT2D eigenvalue weighted by Crippen LogP contribution is -2.49. The molecule has 1 saturated carbocycles. The number of aliphatic hydroxyl groups is 2. The molecule has 3 atom stereocenters. The van der Waals surface area contributed by atoms with Gasteiger partial charge in [0.25, 0.3) is 0 Å². The first-order chi connectivity index (χ1) is 9.13. The van der Waals surface area contributed by atoms with Crippen LogP contribution in [0, 0.1) is 5.92 Å². The standard InChI is InChI=1S/C14H31N3O2/c15-10-4-7-12(14(16)19)17-13(18)9-8-11-5-2-1-3-6-11/h11-14,17-19H,1-10,15-16H2. The Labute approximate surface area is 116 Å². The van der Waals surface area contributed by atoms with Crippen molar-refractivity contribution in [3.05, 3.63) is 0 Å². The number of aliphatic hydroxyl groups excluding tert-OH is 2. The first-order valence-electron chi connectivity index (χ1n) is 7.71. The maximum atomic E-state index is 9.99. The van der Waals surface area contributed by atoms with Crippen LogP contribution in [0.4, 0.5) is 0 Å². The smallest absolute Gasteiger partial charge is 0.117 e. The summed E-state index contributed by atoms with van der Waals surface area (Å²) >= 11 is 0. The van der Waals surface area contributed by atoms with E-state index in [4.69, 9.17) is 11.5 Å². The number of hydrogen-bond acceptors (Lipinski definition) is 5. The zero-order valence-electron chi connectivity index (χ0n) is 11.9. The molecule has 0 amide bonds. The van der Waals surface area contributed by atoms with Crippen LogP contribution in [-0.4, -0.2) is 35.3 Å².